The lowest BCUT2D eigenvalue weighted by atomic mass is 9.76. The molecule has 20 nitrogen and oxygen atoms in total. The quantitative estimate of drug-likeness (QED) is 0.0820. The predicted molar refractivity (Wildman–Crippen MR) is 284 cm³/mol. The molecule has 0 radical (unpaired) electrons. The highest BCUT2D eigenvalue weighted by molar-refractivity contribution is 6.62. The normalized spacial score (nSPS) is 17.7. The third-order valence-corrected chi connectivity index (χ3v) is 12.9. The van der Waals surface area contributed by atoms with Crippen LogP contribution in [0, 0.1) is 11.6 Å². The van der Waals surface area contributed by atoms with Crippen LogP contribution in [0.1, 0.15) is 142 Å². The number of hydrogen-bond donors (Lipinski definition) is 4. The zero-order valence-electron chi connectivity index (χ0n) is 45.2. The molecule has 1 fully saturated rings. The number of carbonyl (C=O) groups is 2. The van der Waals surface area contributed by atoms with Crippen molar-refractivity contribution < 1.29 is 37.2 Å². The van der Waals surface area contributed by atoms with Crippen LogP contribution in [0.3, 0.4) is 0 Å². The van der Waals surface area contributed by atoms with Crippen LogP contribution in [0.5, 0.6) is 0 Å². The van der Waals surface area contributed by atoms with E-state index >= 15 is 8.78 Å². The summed E-state index contributed by atoms with van der Waals surface area (Å²) in [4.78, 5) is 48.7. The molecule has 0 bridgehead atoms. The second-order valence-electron chi connectivity index (χ2n) is 21.8. The Bertz CT molecular complexity index is 2980. The number of ether oxygens (including phenoxy) is 2. The van der Waals surface area contributed by atoms with Gasteiger partial charge >= 0.3 is 19.3 Å². The Hall–Kier alpha value is -6.85. The van der Waals surface area contributed by atoms with E-state index in [1.54, 1.807) is 40.8 Å². The van der Waals surface area contributed by atoms with E-state index in [0.29, 0.717) is 23.0 Å². The number of nitrogens with one attached hydrogen (secondary N) is 4. The number of alkyl carbamates (subject to hydrolysis) is 2. The van der Waals surface area contributed by atoms with Crippen LogP contribution < -0.4 is 26.7 Å². The van der Waals surface area contributed by atoms with Gasteiger partial charge in [0, 0.05) is 44.1 Å². The summed E-state index contributed by atoms with van der Waals surface area (Å²) in [6.45, 7) is 18.7. The van der Waals surface area contributed by atoms with E-state index in [1.807, 2.05) is 88.5 Å². The maximum Gasteiger partial charge on any atom is 0.497 e. The molecule has 2 aromatic carbocycles. The summed E-state index contributed by atoms with van der Waals surface area (Å²) >= 11 is 5.59. The predicted octanol–water partition coefficient (Wildman–Crippen LogP) is 9.87. The molecule has 76 heavy (non-hydrogen) atoms. The van der Waals surface area contributed by atoms with Gasteiger partial charge in [-0.15, -0.1) is 0 Å². The first-order valence-corrected chi connectivity index (χ1v) is 25.6. The van der Waals surface area contributed by atoms with E-state index in [1.165, 1.54) is 24.8 Å². The standard InChI is InChI=1S/C23H28FN7O2.C22H33BFNO4.C7H7ClN6/c1-23(2,3)33-22(32)27-18-8-6-5-7-14-11-16(17(24)12-15(14)18)20-25-13-26-21(29-20)28-19-9-10-31(4)30-19;1-20(2,3)27-19(26)25-18-11-9-8-10-14-12-16(17(24)13-15(14)18)23-28-21(4,5)22(6,7)29-23;1-14-3-2-5(13-14)11-7-10-4-9-6(8)12-7/h9-13,18H,5-8H2,1-4H3,(H,27,32)(H,25,26,28,29,30);12-13,18H,8-11H2,1-7H3,(H,25,26);2-4H,1H3,(H,9,10,11,12,13)/t2*18-;/m11./s1. The molecule has 9 rings (SSSR count). The number of rotatable bonds is 8. The van der Waals surface area contributed by atoms with Crippen molar-refractivity contribution in [2.75, 3.05) is 10.6 Å². The number of benzene rings is 2. The van der Waals surface area contributed by atoms with Gasteiger partial charge in [0.25, 0.3) is 0 Å². The molecule has 24 heteroatoms. The molecule has 2 amide bonds. The number of aryl methyl sites for hydroxylation is 4. The lowest BCUT2D eigenvalue weighted by molar-refractivity contribution is 0.00578. The minimum atomic E-state index is -0.745. The van der Waals surface area contributed by atoms with Crippen molar-refractivity contribution in [2.24, 2.45) is 14.1 Å². The van der Waals surface area contributed by atoms with Gasteiger partial charge in [0.05, 0.1) is 28.8 Å². The molecule has 1 saturated heterocycles. The van der Waals surface area contributed by atoms with Crippen molar-refractivity contribution in [3.8, 4) is 11.4 Å². The third kappa shape index (κ3) is 15.4. The molecule has 0 spiro atoms. The zero-order chi connectivity index (χ0) is 55.2. The van der Waals surface area contributed by atoms with E-state index in [4.69, 9.17) is 30.4 Å². The first kappa shape index (κ1) is 56.9. The largest absolute Gasteiger partial charge is 0.497 e. The lowest BCUT2D eigenvalue weighted by Gasteiger charge is -2.32. The summed E-state index contributed by atoms with van der Waals surface area (Å²) in [6, 6.07) is 9.63. The topological polar surface area (TPSA) is 232 Å². The van der Waals surface area contributed by atoms with Gasteiger partial charge in [-0.05, 0) is 160 Å². The second-order valence-corrected chi connectivity index (χ2v) is 22.1. The highest BCUT2D eigenvalue weighted by Gasteiger charge is 2.52. The van der Waals surface area contributed by atoms with E-state index in [2.05, 4.69) is 61.4 Å². The summed E-state index contributed by atoms with van der Waals surface area (Å²) in [5.41, 5.74) is 2.02. The van der Waals surface area contributed by atoms with Gasteiger partial charge in [-0.25, -0.2) is 38.3 Å². The number of aromatic nitrogens is 10. The van der Waals surface area contributed by atoms with Crippen LogP contribution >= 0.6 is 11.6 Å². The van der Waals surface area contributed by atoms with E-state index in [-0.39, 0.29) is 40.5 Å². The highest BCUT2D eigenvalue weighted by atomic mass is 35.5. The SMILES string of the molecule is CC(C)(C)OC(=O)N[C@@H]1CCCCc2cc(B3OC(C)(C)C(C)(C)O3)c(F)cc21.Cn1ccc(Nc2ncnc(-c3cc4c(cc3F)[C@H](NC(=O)OC(C)(C)C)CCCC4)n2)n1.Cn1ccc(Nc2ncnc(Cl)n2)n1. The summed E-state index contributed by atoms with van der Waals surface area (Å²) in [5, 5.41) is 20.2. The van der Waals surface area contributed by atoms with Gasteiger partial charge in [-0.3, -0.25) is 9.36 Å². The highest BCUT2D eigenvalue weighted by Crippen LogP contribution is 2.38. The number of halogens is 3. The number of nitrogens with zero attached hydrogens (tertiary/aromatic N) is 10. The first-order valence-electron chi connectivity index (χ1n) is 25.3. The van der Waals surface area contributed by atoms with Crippen LogP contribution in [0.15, 0.2) is 61.4 Å². The van der Waals surface area contributed by atoms with Crippen LogP contribution in [-0.4, -0.2) is 91.2 Å². The van der Waals surface area contributed by atoms with E-state index in [9.17, 15) is 9.59 Å². The molecule has 1 aliphatic heterocycles. The molecule has 2 aliphatic carbocycles. The molecule has 0 unspecified atom stereocenters. The first-order chi connectivity index (χ1) is 35.7. The van der Waals surface area contributed by atoms with Crippen LogP contribution in [0.25, 0.3) is 11.4 Å². The van der Waals surface area contributed by atoms with E-state index in [0.717, 1.165) is 73.6 Å². The van der Waals surface area contributed by atoms with Gasteiger partial charge in [0.1, 0.15) is 35.5 Å². The molecular formula is C52H68BClF2N14O6. The van der Waals surface area contributed by atoms with Crippen molar-refractivity contribution in [3.63, 3.8) is 0 Å². The molecule has 2 atom stereocenters. The van der Waals surface area contributed by atoms with Crippen molar-refractivity contribution in [3.05, 3.63) is 101 Å². The molecule has 4 N–H and O–H groups in total. The number of fused-ring (bicyclic) bond motifs is 2. The zero-order valence-corrected chi connectivity index (χ0v) is 46.0. The fraction of sp³-hybridized carbons (Fsp3) is 0.500. The summed E-state index contributed by atoms with van der Waals surface area (Å²) in [6.07, 6.45) is 12.1. The number of anilines is 4. The van der Waals surface area contributed by atoms with Gasteiger partial charge in [0.15, 0.2) is 17.5 Å². The van der Waals surface area contributed by atoms with Crippen molar-refractivity contribution in [1.82, 2.24) is 60.1 Å². The summed E-state index contributed by atoms with van der Waals surface area (Å²) < 4.78 is 56.6. The fourth-order valence-electron chi connectivity index (χ4n) is 8.54. The molecule has 6 aromatic rings. The van der Waals surface area contributed by atoms with Crippen molar-refractivity contribution in [2.45, 2.75) is 155 Å². The Morgan fingerprint density at radius 3 is 1.63 bits per heavy atom. The van der Waals surface area contributed by atoms with Gasteiger partial charge in [0.2, 0.25) is 17.2 Å². The monoisotopic (exact) mass is 1070 g/mol. The van der Waals surface area contributed by atoms with Crippen LogP contribution in [0.2, 0.25) is 5.28 Å². The Labute approximate surface area is 447 Å². The Kier molecular flexibility index (Phi) is 17.7. The summed E-state index contributed by atoms with van der Waals surface area (Å²) in [7, 11) is 2.89. The molecule has 3 aliphatic rings. The second kappa shape index (κ2) is 23.6. The smallest absolute Gasteiger partial charge is 0.444 e. The molecular weight excluding hydrogens is 1000 g/mol. The summed E-state index contributed by atoms with van der Waals surface area (Å²) in [5.74, 6) is 1.29. The van der Waals surface area contributed by atoms with Crippen LogP contribution in [0.4, 0.5) is 41.9 Å². The number of hydrogen-bond acceptors (Lipinski definition) is 16. The van der Waals surface area contributed by atoms with Crippen molar-refractivity contribution >= 4 is 59.9 Å². The Morgan fingerprint density at radius 1 is 0.684 bits per heavy atom. The average Bonchev–Trinajstić information content (AvgIpc) is 3.88. The molecule has 406 valence electrons. The van der Waals surface area contributed by atoms with Gasteiger partial charge < -0.3 is 40.0 Å². The fourth-order valence-corrected chi connectivity index (χ4v) is 8.67. The van der Waals surface area contributed by atoms with Crippen LogP contribution in [-0.2, 0) is 45.7 Å². The minimum absolute atomic E-state index is 0.151. The number of carbonyl (C=O) groups excluding carboxylic acids is 2. The minimum Gasteiger partial charge on any atom is -0.444 e. The molecule has 4 aromatic heterocycles. The average molecular weight is 1070 g/mol. The lowest BCUT2D eigenvalue weighted by Crippen LogP contribution is -2.41. The Morgan fingerprint density at radius 2 is 1.16 bits per heavy atom. The molecule has 5 heterocycles. The van der Waals surface area contributed by atoms with Gasteiger partial charge in [-0.2, -0.15) is 20.2 Å². The molecule has 0 saturated carbocycles. The number of amides is 2. The Balaban J connectivity index is 0.000000178. The maximum atomic E-state index is 15.3. The van der Waals surface area contributed by atoms with Crippen molar-refractivity contribution in [1.29, 1.82) is 0 Å². The third-order valence-electron chi connectivity index (χ3n) is 12.8. The van der Waals surface area contributed by atoms with Gasteiger partial charge in [-0.1, -0.05) is 18.9 Å². The van der Waals surface area contributed by atoms with E-state index < -0.39 is 47.5 Å². The maximum absolute atomic E-state index is 15.3.